The number of fused-ring (bicyclic) bond motifs is 2. The molecule has 0 saturated carbocycles. The zero-order valence-electron chi connectivity index (χ0n) is 19.6. The molecular weight excluding hydrogens is 496 g/mol. The molecule has 0 bridgehead atoms. The van der Waals surface area contributed by atoms with E-state index >= 15 is 0 Å². The fraction of sp³-hybridized carbons (Fsp3) is 0.160. The highest BCUT2D eigenvalue weighted by molar-refractivity contribution is 7.21. The van der Waals surface area contributed by atoms with Gasteiger partial charge in [0.15, 0.2) is 5.82 Å². The molecule has 0 fully saturated rings. The van der Waals surface area contributed by atoms with Crippen LogP contribution in [0.25, 0.3) is 26.7 Å². The van der Waals surface area contributed by atoms with Crippen molar-refractivity contribution in [2.75, 3.05) is 30.4 Å². The first-order valence-corrected chi connectivity index (χ1v) is 12.3. The second kappa shape index (κ2) is 9.06. The third-order valence-electron chi connectivity index (χ3n) is 5.81. The summed E-state index contributed by atoms with van der Waals surface area (Å²) in [5.41, 5.74) is 8.53. The van der Waals surface area contributed by atoms with Crippen molar-refractivity contribution in [2.45, 2.75) is 6.92 Å². The molecule has 2 aromatic carbocycles. The minimum absolute atomic E-state index is 0.143. The quantitative estimate of drug-likeness (QED) is 0.343. The molecule has 2 N–H and O–H groups in total. The van der Waals surface area contributed by atoms with Gasteiger partial charge in [0, 0.05) is 5.69 Å². The lowest BCUT2D eigenvalue weighted by Crippen LogP contribution is -2.29. The number of carbonyl (C=O) groups is 1. The number of nitrogens with zero attached hydrogens (tertiary/aromatic N) is 5. The normalized spacial score (nSPS) is 12.8. The number of nitrogen functional groups attached to an aromatic ring is 1. The maximum Gasteiger partial charge on any atom is 0.397 e. The molecule has 0 aliphatic carbocycles. The Morgan fingerprint density at radius 1 is 1.14 bits per heavy atom. The average Bonchev–Trinajstić information content (AvgIpc) is 3.57. The molecule has 37 heavy (non-hydrogen) atoms. The Kier molecular flexibility index (Phi) is 5.57. The molecule has 11 nitrogen and oxygen atoms in total. The van der Waals surface area contributed by atoms with E-state index in [4.69, 9.17) is 19.7 Å². The predicted octanol–water partition coefficient (Wildman–Crippen LogP) is 3.79. The van der Waals surface area contributed by atoms with Crippen LogP contribution in [0.3, 0.4) is 0 Å². The van der Waals surface area contributed by atoms with Gasteiger partial charge in [-0.1, -0.05) is 23.4 Å². The number of ether oxygens (including phenoxy) is 2. The van der Waals surface area contributed by atoms with Crippen LogP contribution in [0, 0.1) is 0 Å². The number of para-hydroxylation sites is 1. The number of anilines is 3. The van der Waals surface area contributed by atoms with E-state index in [1.165, 1.54) is 15.9 Å². The molecule has 1 aliphatic heterocycles. The Morgan fingerprint density at radius 3 is 2.78 bits per heavy atom. The van der Waals surface area contributed by atoms with Gasteiger partial charge >= 0.3 is 11.9 Å². The van der Waals surface area contributed by atoms with Gasteiger partial charge in [-0.15, -0.1) is 11.3 Å². The number of rotatable bonds is 5. The Morgan fingerprint density at radius 2 is 1.97 bits per heavy atom. The second-order valence-electron chi connectivity index (χ2n) is 8.07. The van der Waals surface area contributed by atoms with E-state index in [1.807, 2.05) is 42.5 Å². The number of hydrogen-bond donors (Lipinski definition) is 1. The van der Waals surface area contributed by atoms with Crippen molar-refractivity contribution in [3.63, 3.8) is 0 Å². The van der Waals surface area contributed by atoms with Crippen molar-refractivity contribution in [2.24, 2.45) is 0 Å². The largest absolute Gasteiger partial charge is 0.490 e. The van der Waals surface area contributed by atoms with Gasteiger partial charge in [0.25, 0.3) is 5.56 Å². The molecule has 0 radical (unpaired) electrons. The highest BCUT2D eigenvalue weighted by Gasteiger charge is 2.23. The summed E-state index contributed by atoms with van der Waals surface area (Å²) >= 11 is 1.22. The van der Waals surface area contributed by atoms with Gasteiger partial charge in [0.1, 0.15) is 17.2 Å². The monoisotopic (exact) mass is 516 g/mol. The van der Waals surface area contributed by atoms with Crippen LogP contribution < -0.4 is 20.9 Å². The number of esters is 1. The summed E-state index contributed by atoms with van der Waals surface area (Å²) in [6.45, 7) is 3.07. The van der Waals surface area contributed by atoms with E-state index < -0.39 is 11.5 Å². The van der Waals surface area contributed by atoms with E-state index in [2.05, 4.69) is 20.0 Å². The smallest absolute Gasteiger partial charge is 0.397 e. The topological polar surface area (TPSA) is 139 Å². The summed E-state index contributed by atoms with van der Waals surface area (Å²) in [5.74, 6) is -0.210. The number of benzene rings is 2. The lowest BCUT2D eigenvalue weighted by atomic mass is 10.1. The van der Waals surface area contributed by atoms with E-state index in [0.29, 0.717) is 34.1 Å². The number of hydrogen-bond acceptors (Lipinski definition) is 11. The maximum absolute atomic E-state index is 13.2. The Balaban J connectivity index is 1.47. The molecule has 186 valence electrons. The fourth-order valence-electron chi connectivity index (χ4n) is 4.18. The Labute approximate surface area is 213 Å². The van der Waals surface area contributed by atoms with Gasteiger partial charge in [-0.3, -0.25) is 9.36 Å². The molecule has 1 aliphatic rings. The first kappa shape index (κ1) is 22.7. The standard InChI is InChI=1S/C25H20N6O5S/c1-2-34-25(33)22-28-21(29-36-22)19-13-17-23(37-19)27-20(26)24(32)31(17)15-8-9-18-16(12-15)30(10-11-35-18)14-6-4-3-5-7-14/h3-9,12-13H,2,10-11H2,1H3,(H2,26,27). The molecule has 6 rings (SSSR count). The minimum atomic E-state index is -0.708. The molecule has 0 spiro atoms. The van der Waals surface area contributed by atoms with E-state index in [-0.39, 0.29) is 24.1 Å². The Hall–Kier alpha value is -4.71. The summed E-state index contributed by atoms with van der Waals surface area (Å²) in [6.07, 6.45) is 0. The lowest BCUT2D eigenvalue weighted by Gasteiger charge is -2.31. The summed E-state index contributed by atoms with van der Waals surface area (Å²) in [5, 5.41) is 3.89. The van der Waals surface area contributed by atoms with E-state index in [9.17, 15) is 9.59 Å². The molecule has 4 heterocycles. The molecule has 0 unspecified atom stereocenters. The Bertz CT molecular complexity index is 1690. The van der Waals surface area contributed by atoms with Crippen LogP contribution in [-0.4, -0.2) is 45.4 Å². The van der Waals surface area contributed by atoms with Gasteiger partial charge in [-0.2, -0.15) is 4.98 Å². The molecule has 3 aromatic heterocycles. The summed E-state index contributed by atoms with van der Waals surface area (Å²) in [4.78, 5) is 36.8. The summed E-state index contributed by atoms with van der Waals surface area (Å²) in [7, 11) is 0. The van der Waals surface area contributed by atoms with Crippen molar-refractivity contribution in [1.29, 1.82) is 0 Å². The third kappa shape index (κ3) is 3.96. The lowest BCUT2D eigenvalue weighted by molar-refractivity contribution is 0.0470. The molecule has 12 heteroatoms. The first-order valence-electron chi connectivity index (χ1n) is 11.5. The van der Waals surface area contributed by atoms with Gasteiger partial charge in [0.05, 0.1) is 34.9 Å². The average molecular weight is 517 g/mol. The number of aromatic nitrogens is 4. The van der Waals surface area contributed by atoms with Crippen molar-refractivity contribution in [1.82, 2.24) is 19.7 Å². The fourth-order valence-corrected chi connectivity index (χ4v) is 5.13. The predicted molar refractivity (Wildman–Crippen MR) is 138 cm³/mol. The number of thiophene rings is 1. The van der Waals surface area contributed by atoms with Crippen LogP contribution >= 0.6 is 11.3 Å². The van der Waals surface area contributed by atoms with Crippen LogP contribution in [0.1, 0.15) is 17.6 Å². The van der Waals surface area contributed by atoms with Crippen molar-refractivity contribution in [3.8, 4) is 22.1 Å². The number of carbonyl (C=O) groups excluding carboxylic acids is 1. The number of nitrogens with two attached hydrogens (primary N) is 1. The van der Waals surface area contributed by atoms with Crippen LogP contribution in [0.15, 0.2) is 63.9 Å². The van der Waals surface area contributed by atoms with Crippen LogP contribution in [0.5, 0.6) is 5.75 Å². The summed E-state index contributed by atoms with van der Waals surface area (Å²) in [6, 6.07) is 17.2. The zero-order chi connectivity index (χ0) is 25.5. The van der Waals surface area contributed by atoms with E-state index in [1.54, 1.807) is 19.1 Å². The molecule has 0 amide bonds. The van der Waals surface area contributed by atoms with Gasteiger partial charge in [-0.05, 0) is 43.3 Å². The zero-order valence-corrected chi connectivity index (χ0v) is 20.4. The third-order valence-corrected chi connectivity index (χ3v) is 6.82. The van der Waals surface area contributed by atoms with E-state index in [0.717, 1.165) is 17.1 Å². The second-order valence-corrected chi connectivity index (χ2v) is 9.10. The highest BCUT2D eigenvalue weighted by Crippen LogP contribution is 2.39. The molecule has 0 saturated heterocycles. The maximum atomic E-state index is 13.2. The highest BCUT2D eigenvalue weighted by atomic mass is 32.1. The van der Waals surface area contributed by atoms with Crippen molar-refractivity contribution < 1.29 is 18.8 Å². The SMILES string of the molecule is CCOC(=O)c1nc(-c2cc3c(nc(N)c(=O)n3-c3ccc4c(c3)N(c3ccccc3)CCO4)s2)no1. The van der Waals surface area contributed by atoms with Gasteiger partial charge < -0.3 is 24.6 Å². The van der Waals surface area contributed by atoms with Crippen molar-refractivity contribution >= 4 is 44.8 Å². The summed E-state index contributed by atoms with van der Waals surface area (Å²) < 4.78 is 17.3. The van der Waals surface area contributed by atoms with Crippen LogP contribution in [0.4, 0.5) is 17.2 Å². The van der Waals surface area contributed by atoms with Crippen LogP contribution in [0.2, 0.25) is 0 Å². The molecular formula is C25H20N6O5S. The van der Waals surface area contributed by atoms with Crippen molar-refractivity contribution in [3.05, 3.63) is 70.8 Å². The molecule has 5 aromatic rings. The first-order chi connectivity index (χ1) is 18.0. The van der Waals surface area contributed by atoms with Crippen LogP contribution in [-0.2, 0) is 4.74 Å². The van der Waals surface area contributed by atoms with Gasteiger partial charge in [0.2, 0.25) is 5.82 Å². The van der Waals surface area contributed by atoms with Gasteiger partial charge in [-0.25, -0.2) is 9.78 Å². The minimum Gasteiger partial charge on any atom is -0.490 e. The molecule has 0 atom stereocenters.